The number of nitrogens with one attached hydrogen (secondary N) is 1. The van der Waals surface area contributed by atoms with E-state index in [-0.39, 0.29) is 0 Å². The molecule has 1 saturated heterocycles. The van der Waals surface area contributed by atoms with Crippen LogP contribution in [0.1, 0.15) is 40.5 Å². The van der Waals surface area contributed by atoms with E-state index in [0.717, 1.165) is 11.8 Å². The first-order chi connectivity index (χ1) is 5.01. The van der Waals surface area contributed by atoms with Gasteiger partial charge in [-0.3, -0.25) is 0 Å². The number of hydrogen-bond acceptors (Lipinski definition) is 1. The van der Waals surface area contributed by atoms with Gasteiger partial charge in [-0.1, -0.05) is 13.8 Å². The van der Waals surface area contributed by atoms with Gasteiger partial charge in [0.15, 0.2) is 0 Å². The van der Waals surface area contributed by atoms with Crippen molar-refractivity contribution in [2.24, 2.45) is 11.8 Å². The van der Waals surface area contributed by atoms with E-state index < -0.39 is 0 Å². The highest BCUT2D eigenvalue weighted by Crippen LogP contribution is 2.26. The summed E-state index contributed by atoms with van der Waals surface area (Å²) in [5, 5.41) is 3.59. The molecule has 0 aliphatic carbocycles. The Bertz CT molecular complexity index is 117. The Balaban J connectivity index is 2.36. The lowest BCUT2D eigenvalue weighted by atomic mass is 9.82. The van der Waals surface area contributed by atoms with Gasteiger partial charge in [0.25, 0.3) is 0 Å². The Kier molecular flexibility index (Phi) is 2.58. The molecule has 1 unspecified atom stereocenters. The molecule has 0 spiro atoms. The highest BCUT2D eigenvalue weighted by Gasteiger charge is 2.27. The summed E-state index contributed by atoms with van der Waals surface area (Å²) >= 11 is 0. The van der Waals surface area contributed by atoms with Crippen LogP contribution >= 0.6 is 0 Å². The zero-order chi connectivity index (χ0) is 8.48. The molecule has 1 nitrogen and oxygen atoms in total. The molecular formula is C10H21N. The highest BCUT2D eigenvalue weighted by atomic mass is 15.0. The molecule has 0 saturated carbocycles. The Labute approximate surface area is 70.6 Å². The minimum Gasteiger partial charge on any atom is -0.312 e. The Hall–Kier alpha value is -0.0400. The first-order valence-corrected chi connectivity index (χ1v) is 4.76. The maximum atomic E-state index is 3.59. The van der Waals surface area contributed by atoms with Crippen LogP contribution in [0.4, 0.5) is 0 Å². The molecule has 0 bridgehead atoms. The zero-order valence-electron chi connectivity index (χ0n) is 8.28. The summed E-state index contributed by atoms with van der Waals surface area (Å²) in [5.41, 5.74) is 0.394. The topological polar surface area (TPSA) is 12.0 Å². The summed E-state index contributed by atoms with van der Waals surface area (Å²) in [6.07, 6.45) is 2.73. The van der Waals surface area contributed by atoms with Gasteiger partial charge < -0.3 is 5.32 Å². The molecule has 66 valence electrons. The van der Waals surface area contributed by atoms with Crippen molar-refractivity contribution in [2.45, 2.75) is 46.1 Å². The average molecular weight is 155 g/mol. The molecule has 1 N–H and O–H groups in total. The molecule has 0 amide bonds. The van der Waals surface area contributed by atoms with Gasteiger partial charge in [0.1, 0.15) is 0 Å². The molecular weight excluding hydrogens is 134 g/mol. The Morgan fingerprint density at radius 2 is 2.00 bits per heavy atom. The van der Waals surface area contributed by atoms with Crippen LogP contribution in [0.25, 0.3) is 0 Å². The van der Waals surface area contributed by atoms with E-state index >= 15 is 0 Å². The van der Waals surface area contributed by atoms with Crippen molar-refractivity contribution in [3.8, 4) is 0 Å². The SMILES string of the molecule is CC(C)C1CCC(C)(C)NC1. The monoisotopic (exact) mass is 155 g/mol. The molecule has 0 aromatic rings. The fourth-order valence-electron chi connectivity index (χ4n) is 1.71. The largest absolute Gasteiger partial charge is 0.312 e. The minimum atomic E-state index is 0.394. The Morgan fingerprint density at radius 1 is 1.36 bits per heavy atom. The van der Waals surface area contributed by atoms with Crippen molar-refractivity contribution in [3.63, 3.8) is 0 Å². The molecule has 1 fully saturated rings. The van der Waals surface area contributed by atoms with Gasteiger partial charge in [-0.15, -0.1) is 0 Å². The summed E-state index contributed by atoms with van der Waals surface area (Å²) in [6, 6.07) is 0. The normalized spacial score (nSPS) is 30.8. The number of piperidine rings is 1. The van der Waals surface area contributed by atoms with Crippen LogP contribution in [0.3, 0.4) is 0 Å². The van der Waals surface area contributed by atoms with Crippen molar-refractivity contribution in [1.29, 1.82) is 0 Å². The zero-order valence-corrected chi connectivity index (χ0v) is 8.28. The predicted molar refractivity (Wildman–Crippen MR) is 49.6 cm³/mol. The van der Waals surface area contributed by atoms with Crippen LogP contribution in [0.2, 0.25) is 0 Å². The lowest BCUT2D eigenvalue weighted by Gasteiger charge is -2.37. The second-order valence-corrected chi connectivity index (χ2v) is 4.81. The first kappa shape index (κ1) is 9.05. The molecule has 1 atom stereocenters. The van der Waals surface area contributed by atoms with Crippen LogP contribution in [-0.4, -0.2) is 12.1 Å². The third kappa shape index (κ3) is 2.48. The standard InChI is InChI=1S/C10H21N/c1-8(2)9-5-6-10(3,4)11-7-9/h8-9,11H,5-7H2,1-4H3. The maximum absolute atomic E-state index is 3.59. The molecule has 1 rings (SSSR count). The fourth-order valence-corrected chi connectivity index (χ4v) is 1.71. The summed E-state index contributed by atoms with van der Waals surface area (Å²) < 4.78 is 0. The third-order valence-electron chi connectivity index (χ3n) is 2.93. The number of rotatable bonds is 1. The van der Waals surface area contributed by atoms with Gasteiger partial charge in [-0.05, 0) is 45.1 Å². The van der Waals surface area contributed by atoms with Crippen LogP contribution in [0, 0.1) is 11.8 Å². The molecule has 0 radical (unpaired) electrons. The van der Waals surface area contributed by atoms with E-state index in [1.165, 1.54) is 19.4 Å². The van der Waals surface area contributed by atoms with E-state index in [2.05, 4.69) is 33.0 Å². The number of hydrogen-bond donors (Lipinski definition) is 1. The summed E-state index contributed by atoms with van der Waals surface area (Å²) in [4.78, 5) is 0. The van der Waals surface area contributed by atoms with Gasteiger partial charge in [0.05, 0.1) is 0 Å². The quantitative estimate of drug-likeness (QED) is 0.613. The van der Waals surface area contributed by atoms with Crippen molar-refractivity contribution in [2.75, 3.05) is 6.54 Å². The molecule has 1 aliphatic rings. The van der Waals surface area contributed by atoms with Gasteiger partial charge in [0, 0.05) is 5.54 Å². The summed E-state index contributed by atoms with van der Waals surface area (Å²) in [7, 11) is 0. The van der Waals surface area contributed by atoms with Crippen LogP contribution in [0.15, 0.2) is 0 Å². The lowest BCUT2D eigenvalue weighted by molar-refractivity contribution is 0.203. The lowest BCUT2D eigenvalue weighted by Crippen LogP contribution is -2.47. The average Bonchev–Trinajstić information content (AvgIpc) is 1.86. The second kappa shape index (κ2) is 3.14. The van der Waals surface area contributed by atoms with Crippen molar-refractivity contribution < 1.29 is 0 Å². The first-order valence-electron chi connectivity index (χ1n) is 4.76. The smallest absolute Gasteiger partial charge is 0.0125 e. The second-order valence-electron chi connectivity index (χ2n) is 4.81. The van der Waals surface area contributed by atoms with Gasteiger partial charge >= 0.3 is 0 Å². The van der Waals surface area contributed by atoms with Crippen molar-refractivity contribution in [1.82, 2.24) is 5.32 Å². The predicted octanol–water partition coefficient (Wildman–Crippen LogP) is 2.42. The molecule has 1 aliphatic heterocycles. The Morgan fingerprint density at radius 3 is 2.36 bits per heavy atom. The highest BCUT2D eigenvalue weighted by molar-refractivity contribution is 4.85. The van der Waals surface area contributed by atoms with E-state index in [4.69, 9.17) is 0 Å². The van der Waals surface area contributed by atoms with E-state index in [1.54, 1.807) is 0 Å². The van der Waals surface area contributed by atoms with E-state index in [9.17, 15) is 0 Å². The van der Waals surface area contributed by atoms with Crippen molar-refractivity contribution >= 4 is 0 Å². The summed E-state index contributed by atoms with van der Waals surface area (Å²) in [6.45, 7) is 10.5. The fraction of sp³-hybridized carbons (Fsp3) is 1.00. The van der Waals surface area contributed by atoms with Gasteiger partial charge in [0.2, 0.25) is 0 Å². The molecule has 11 heavy (non-hydrogen) atoms. The summed E-state index contributed by atoms with van der Waals surface area (Å²) in [5.74, 6) is 1.75. The van der Waals surface area contributed by atoms with Crippen molar-refractivity contribution in [3.05, 3.63) is 0 Å². The minimum absolute atomic E-state index is 0.394. The van der Waals surface area contributed by atoms with Crippen LogP contribution < -0.4 is 5.32 Å². The van der Waals surface area contributed by atoms with Crippen LogP contribution in [-0.2, 0) is 0 Å². The molecule has 1 heteroatoms. The van der Waals surface area contributed by atoms with Crippen LogP contribution in [0.5, 0.6) is 0 Å². The van der Waals surface area contributed by atoms with Gasteiger partial charge in [-0.2, -0.15) is 0 Å². The van der Waals surface area contributed by atoms with E-state index in [0.29, 0.717) is 5.54 Å². The molecule has 0 aromatic carbocycles. The molecule has 0 aromatic heterocycles. The maximum Gasteiger partial charge on any atom is 0.0125 e. The molecule has 1 heterocycles. The van der Waals surface area contributed by atoms with E-state index in [1.807, 2.05) is 0 Å². The van der Waals surface area contributed by atoms with Gasteiger partial charge in [-0.25, -0.2) is 0 Å². The third-order valence-corrected chi connectivity index (χ3v) is 2.93.